The van der Waals surface area contributed by atoms with E-state index >= 15 is 0 Å². The highest BCUT2D eigenvalue weighted by atomic mass is 19.1. The summed E-state index contributed by atoms with van der Waals surface area (Å²) < 4.78 is 29.0. The number of hydrogen-bond acceptors (Lipinski definition) is 4. The summed E-state index contributed by atoms with van der Waals surface area (Å²) >= 11 is 0. The first-order chi connectivity index (χ1) is 11.5. The van der Waals surface area contributed by atoms with Crippen LogP contribution in [0.5, 0.6) is 17.2 Å². The zero-order chi connectivity index (χ0) is 17.5. The van der Waals surface area contributed by atoms with Crippen LogP contribution in [0.1, 0.15) is 18.5 Å². The molecular formula is C18H20FNO4. The van der Waals surface area contributed by atoms with E-state index in [1.807, 2.05) is 0 Å². The number of hydrogen-bond donors (Lipinski definition) is 1. The van der Waals surface area contributed by atoms with Gasteiger partial charge in [-0.2, -0.15) is 0 Å². The third-order valence-electron chi connectivity index (χ3n) is 3.48. The molecule has 0 radical (unpaired) electrons. The topological polar surface area (TPSA) is 56.8 Å². The van der Waals surface area contributed by atoms with Gasteiger partial charge in [-0.25, -0.2) is 4.39 Å². The van der Waals surface area contributed by atoms with Crippen LogP contribution in [0.15, 0.2) is 42.5 Å². The van der Waals surface area contributed by atoms with Crippen LogP contribution >= 0.6 is 0 Å². The highest BCUT2D eigenvalue weighted by Crippen LogP contribution is 2.22. The molecule has 0 saturated heterocycles. The van der Waals surface area contributed by atoms with Gasteiger partial charge in [-0.15, -0.1) is 0 Å². The number of nitrogens with one attached hydrogen (secondary N) is 1. The van der Waals surface area contributed by atoms with E-state index in [0.29, 0.717) is 17.1 Å². The van der Waals surface area contributed by atoms with Gasteiger partial charge in [0.1, 0.15) is 11.5 Å². The van der Waals surface area contributed by atoms with Gasteiger partial charge in [0.25, 0.3) is 5.91 Å². The maximum Gasteiger partial charge on any atom is 0.258 e. The van der Waals surface area contributed by atoms with E-state index in [1.165, 1.54) is 19.2 Å². The van der Waals surface area contributed by atoms with Gasteiger partial charge < -0.3 is 19.5 Å². The van der Waals surface area contributed by atoms with Crippen molar-refractivity contribution in [1.82, 2.24) is 5.32 Å². The fraction of sp³-hybridized carbons (Fsp3) is 0.278. The van der Waals surface area contributed by atoms with Crippen LogP contribution in [0.3, 0.4) is 0 Å². The van der Waals surface area contributed by atoms with E-state index in [9.17, 15) is 9.18 Å². The molecule has 0 fully saturated rings. The maximum absolute atomic E-state index is 13.7. The standard InChI is InChI=1S/C18H20FNO4/c1-12(13-4-9-17(23-3)16(19)10-13)20-18(21)11-24-15-7-5-14(22-2)6-8-15/h4-10,12H,11H2,1-3H3,(H,20,21). The number of methoxy groups -OCH3 is 2. The predicted molar refractivity (Wildman–Crippen MR) is 88.0 cm³/mol. The summed E-state index contributed by atoms with van der Waals surface area (Å²) in [4.78, 5) is 12.0. The van der Waals surface area contributed by atoms with Gasteiger partial charge in [0.15, 0.2) is 18.2 Å². The lowest BCUT2D eigenvalue weighted by Gasteiger charge is -2.15. The second-order valence-electron chi connectivity index (χ2n) is 5.15. The molecule has 0 bridgehead atoms. The zero-order valence-electron chi connectivity index (χ0n) is 13.8. The number of carbonyl (C=O) groups excluding carboxylic acids is 1. The van der Waals surface area contributed by atoms with Gasteiger partial charge in [-0.05, 0) is 48.9 Å². The van der Waals surface area contributed by atoms with Crippen LogP contribution in [0.4, 0.5) is 4.39 Å². The lowest BCUT2D eigenvalue weighted by molar-refractivity contribution is -0.123. The molecule has 1 atom stereocenters. The van der Waals surface area contributed by atoms with Gasteiger partial charge >= 0.3 is 0 Å². The maximum atomic E-state index is 13.7. The first kappa shape index (κ1) is 17.6. The van der Waals surface area contributed by atoms with Gasteiger partial charge in [-0.1, -0.05) is 6.07 Å². The van der Waals surface area contributed by atoms with Gasteiger partial charge in [0.05, 0.1) is 20.3 Å². The summed E-state index contributed by atoms with van der Waals surface area (Å²) in [6, 6.07) is 11.2. The fourth-order valence-electron chi connectivity index (χ4n) is 2.14. The Balaban J connectivity index is 1.87. The van der Waals surface area contributed by atoms with Gasteiger partial charge in [-0.3, -0.25) is 4.79 Å². The molecule has 6 heteroatoms. The van der Waals surface area contributed by atoms with Crippen molar-refractivity contribution in [3.8, 4) is 17.2 Å². The Morgan fingerprint density at radius 2 is 1.75 bits per heavy atom. The molecule has 0 aliphatic heterocycles. The van der Waals surface area contributed by atoms with Crippen LogP contribution in [0.2, 0.25) is 0 Å². The largest absolute Gasteiger partial charge is 0.497 e. The molecule has 0 aliphatic rings. The van der Waals surface area contributed by atoms with E-state index in [0.717, 1.165) is 0 Å². The molecule has 2 aromatic carbocycles. The highest BCUT2D eigenvalue weighted by Gasteiger charge is 2.12. The normalized spacial score (nSPS) is 11.5. The Bertz CT molecular complexity index is 688. The van der Waals surface area contributed by atoms with Crippen LogP contribution in [0.25, 0.3) is 0 Å². The van der Waals surface area contributed by atoms with Crippen molar-refractivity contribution in [2.45, 2.75) is 13.0 Å². The minimum atomic E-state index is -0.467. The lowest BCUT2D eigenvalue weighted by atomic mass is 10.1. The van der Waals surface area contributed by atoms with Crippen LogP contribution < -0.4 is 19.5 Å². The molecule has 0 saturated carbocycles. The molecule has 2 rings (SSSR count). The van der Waals surface area contributed by atoms with E-state index in [4.69, 9.17) is 14.2 Å². The predicted octanol–water partition coefficient (Wildman–Crippen LogP) is 3.10. The second kappa shape index (κ2) is 8.19. The third kappa shape index (κ3) is 4.62. The SMILES string of the molecule is COc1ccc(OCC(=O)NC(C)c2ccc(OC)c(F)c2)cc1. The minimum absolute atomic E-state index is 0.130. The van der Waals surface area contributed by atoms with E-state index in [2.05, 4.69) is 5.32 Å². The summed E-state index contributed by atoms with van der Waals surface area (Å²) in [5, 5.41) is 2.76. The van der Waals surface area contributed by atoms with E-state index in [1.54, 1.807) is 44.4 Å². The quantitative estimate of drug-likeness (QED) is 0.846. The molecule has 0 spiro atoms. The molecular weight excluding hydrogens is 313 g/mol. The molecule has 5 nitrogen and oxygen atoms in total. The Morgan fingerprint density at radius 3 is 2.33 bits per heavy atom. The molecule has 24 heavy (non-hydrogen) atoms. The van der Waals surface area contributed by atoms with Crippen molar-refractivity contribution < 1.29 is 23.4 Å². The molecule has 0 heterocycles. The lowest BCUT2D eigenvalue weighted by Crippen LogP contribution is -2.31. The van der Waals surface area contributed by atoms with E-state index < -0.39 is 5.82 Å². The Kier molecular flexibility index (Phi) is 6.01. The van der Waals surface area contributed by atoms with Crippen molar-refractivity contribution in [2.24, 2.45) is 0 Å². The van der Waals surface area contributed by atoms with Crippen LogP contribution in [-0.2, 0) is 4.79 Å². The van der Waals surface area contributed by atoms with Crippen molar-refractivity contribution >= 4 is 5.91 Å². The van der Waals surface area contributed by atoms with Gasteiger partial charge in [0, 0.05) is 0 Å². The summed E-state index contributed by atoms with van der Waals surface area (Å²) in [7, 11) is 2.98. The average Bonchev–Trinajstić information content (AvgIpc) is 2.60. The number of carbonyl (C=O) groups is 1. The summed E-state index contributed by atoms with van der Waals surface area (Å²) in [5.74, 6) is 0.677. The van der Waals surface area contributed by atoms with Crippen molar-refractivity contribution in [3.63, 3.8) is 0 Å². The monoisotopic (exact) mass is 333 g/mol. The molecule has 2 aromatic rings. The van der Waals surface area contributed by atoms with Crippen molar-refractivity contribution in [3.05, 3.63) is 53.8 Å². The summed E-state index contributed by atoms with van der Waals surface area (Å²) in [5.41, 5.74) is 0.645. The number of halogens is 1. The molecule has 0 aromatic heterocycles. The Labute approximate surface area is 140 Å². The minimum Gasteiger partial charge on any atom is -0.497 e. The van der Waals surface area contributed by atoms with Crippen LogP contribution in [-0.4, -0.2) is 26.7 Å². The number of ether oxygens (including phenoxy) is 3. The highest BCUT2D eigenvalue weighted by molar-refractivity contribution is 5.78. The third-order valence-corrected chi connectivity index (χ3v) is 3.48. The molecule has 128 valence electrons. The second-order valence-corrected chi connectivity index (χ2v) is 5.15. The summed E-state index contributed by atoms with van der Waals surface area (Å²) in [6.45, 7) is 1.64. The van der Waals surface area contributed by atoms with E-state index in [-0.39, 0.29) is 24.3 Å². The smallest absolute Gasteiger partial charge is 0.258 e. The van der Waals surface area contributed by atoms with Crippen LogP contribution in [0, 0.1) is 5.82 Å². The molecule has 0 aliphatic carbocycles. The molecule has 1 N–H and O–H groups in total. The number of benzene rings is 2. The van der Waals surface area contributed by atoms with Gasteiger partial charge in [0.2, 0.25) is 0 Å². The number of amides is 1. The fourth-order valence-corrected chi connectivity index (χ4v) is 2.14. The molecule has 1 amide bonds. The summed E-state index contributed by atoms with van der Waals surface area (Å²) in [6.07, 6.45) is 0. The Morgan fingerprint density at radius 1 is 1.08 bits per heavy atom. The first-order valence-corrected chi connectivity index (χ1v) is 7.43. The first-order valence-electron chi connectivity index (χ1n) is 7.43. The van der Waals surface area contributed by atoms with Crippen molar-refractivity contribution in [1.29, 1.82) is 0 Å². The molecule has 1 unspecified atom stereocenters. The number of rotatable bonds is 7. The zero-order valence-corrected chi connectivity index (χ0v) is 13.8. The average molecular weight is 333 g/mol. The van der Waals surface area contributed by atoms with Crippen molar-refractivity contribution in [2.75, 3.05) is 20.8 Å². The Hall–Kier alpha value is -2.76.